The molecule has 0 aliphatic heterocycles. The number of hydrogen-bond acceptors (Lipinski definition) is 3. The maximum atomic E-state index is 12.0. The third kappa shape index (κ3) is 3.38. The van der Waals surface area contributed by atoms with Crippen LogP contribution < -0.4 is 5.32 Å². The lowest BCUT2D eigenvalue weighted by Crippen LogP contribution is -2.24. The van der Waals surface area contributed by atoms with Gasteiger partial charge in [0.15, 0.2) is 0 Å². The summed E-state index contributed by atoms with van der Waals surface area (Å²) in [7, 11) is 0. The molecular weight excluding hydrogens is 256 g/mol. The Morgan fingerprint density at radius 2 is 2.10 bits per heavy atom. The number of esters is 1. The molecule has 0 aliphatic carbocycles. The molecule has 0 aliphatic rings. The predicted molar refractivity (Wildman–Crippen MR) is 76.5 cm³/mol. The van der Waals surface area contributed by atoms with Crippen molar-refractivity contribution in [2.24, 2.45) is 0 Å². The first kappa shape index (κ1) is 14.1. The summed E-state index contributed by atoms with van der Waals surface area (Å²) < 4.78 is 4.82. The molecule has 0 atom stereocenters. The van der Waals surface area contributed by atoms with Crippen LogP contribution in [-0.4, -0.2) is 30.0 Å². The minimum Gasteiger partial charge on any atom is -0.466 e. The number of H-pyrrole nitrogens is 1. The molecule has 1 aromatic heterocycles. The monoisotopic (exact) mass is 274 g/mol. The molecule has 0 saturated carbocycles. The smallest absolute Gasteiger partial charge is 0.305 e. The average Bonchev–Trinajstić information content (AvgIpc) is 2.87. The number of amides is 1. The molecular formula is C15H18N2O3. The lowest BCUT2D eigenvalue weighted by molar-refractivity contribution is -0.143. The van der Waals surface area contributed by atoms with Crippen LogP contribution in [0, 0.1) is 0 Å². The summed E-state index contributed by atoms with van der Waals surface area (Å²) in [6.07, 6.45) is 2.60. The SMILES string of the molecule is CCOC(=O)CCCNC(=O)c1c[nH]c2ccccc12. The molecule has 1 heterocycles. The van der Waals surface area contributed by atoms with Crippen molar-refractivity contribution in [3.8, 4) is 0 Å². The lowest BCUT2D eigenvalue weighted by atomic mass is 10.1. The van der Waals surface area contributed by atoms with Crippen molar-refractivity contribution in [1.82, 2.24) is 10.3 Å². The Labute approximate surface area is 117 Å². The largest absolute Gasteiger partial charge is 0.466 e. The van der Waals surface area contributed by atoms with E-state index in [1.54, 1.807) is 13.1 Å². The van der Waals surface area contributed by atoms with E-state index in [0.29, 0.717) is 31.6 Å². The predicted octanol–water partition coefficient (Wildman–Crippen LogP) is 2.24. The van der Waals surface area contributed by atoms with Crippen LogP contribution in [0.4, 0.5) is 0 Å². The number of benzene rings is 1. The number of nitrogens with one attached hydrogen (secondary N) is 2. The molecule has 2 N–H and O–H groups in total. The number of ether oxygens (including phenoxy) is 1. The van der Waals surface area contributed by atoms with Crippen molar-refractivity contribution >= 4 is 22.8 Å². The molecule has 0 spiro atoms. The van der Waals surface area contributed by atoms with Crippen LogP contribution in [0.3, 0.4) is 0 Å². The van der Waals surface area contributed by atoms with Crippen molar-refractivity contribution in [3.05, 3.63) is 36.0 Å². The Morgan fingerprint density at radius 1 is 1.30 bits per heavy atom. The highest BCUT2D eigenvalue weighted by Crippen LogP contribution is 2.17. The molecule has 0 saturated heterocycles. The van der Waals surface area contributed by atoms with E-state index in [1.807, 2.05) is 24.3 Å². The average molecular weight is 274 g/mol. The number of fused-ring (bicyclic) bond motifs is 1. The minimum atomic E-state index is -0.228. The molecule has 2 aromatic rings. The molecule has 0 fully saturated rings. The van der Waals surface area contributed by atoms with Crippen LogP contribution in [0.25, 0.3) is 10.9 Å². The zero-order valence-corrected chi connectivity index (χ0v) is 11.4. The Balaban J connectivity index is 1.85. The fraction of sp³-hybridized carbons (Fsp3) is 0.333. The normalized spacial score (nSPS) is 10.4. The first-order chi connectivity index (χ1) is 9.72. The van der Waals surface area contributed by atoms with Gasteiger partial charge in [0.1, 0.15) is 0 Å². The molecule has 0 radical (unpaired) electrons. The number of aromatic amines is 1. The van der Waals surface area contributed by atoms with E-state index in [9.17, 15) is 9.59 Å². The van der Waals surface area contributed by atoms with Gasteiger partial charge in [-0.25, -0.2) is 0 Å². The van der Waals surface area contributed by atoms with Gasteiger partial charge >= 0.3 is 5.97 Å². The van der Waals surface area contributed by atoms with Gasteiger partial charge in [0.05, 0.1) is 12.2 Å². The zero-order valence-electron chi connectivity index (χ0n) is 11.4. The molecule has 5 heteroatoms. The quantitative estimate of drug-likeness (QED) is 0.627. The molecule has 2 rings (SSSR count). The zero-order chi connectivity index (χ0) is 14.4. The summed E-state index contributed by atoms with van der Waals surface area (Å²) in [6, 6.07) is 7.64. The van der Waals surface area contributed by atoms with Crippen molar-refractivity contribution in [2.45, 2.75) is 19.8 Å². The van der Waals surface area contributed by atoms with Crippen LogP contribution in [0.2, 0.25) is 0 Å². The molecule has 5 nitrogen and oxygen atoms in total. The maximum absolute atomic E-state index is 12.0. The van der Waals surface area contributed by atoms with Crippen LogP contribution in [0.1, 0.15) is 30.1 Å². The summed E-state index contributed by atoms with van der Waals surface area (Å²) in [5.41, 5.74) is 1.56. The van der Waals surface area contributed by atoms with Crippen LogP contribution in [0.15, 0.2) is 30.5 Å². The lowest BCUT2D eigenvalue weighted by Gasteiger charge is -2.04. The van der Waals surface area contributed by atoms with Gasteiger partial charge in [0, 0.05) is 30.1 Å². The highest BCUT2D eigenvalue weighted by atomic mass is 16.5. The van der Waals surface area contributed by atoms with Crippen LogP contribution >= 0.6 is 0 Å². The number of para-hydroxylation sites is 1. The molecule has 20 heavy (non-hydrogen) atoms. The molecule has 0 unspecified atom stereocenters. The fourth-order valence-electron chi connectivity index (χ4n) is 2.02. The van der Waals surface area contributed by atoms with Crippen molar-refractivity contribution < 1.29 is 14.3 Å². The second kappa shape index (κ2) is 6.75. The Kier molecular flexibility index (Phi) is 4.76. The first-order valence-corrected chi connectivity index (χ1v) is 6.72. The van der Waals surface area contributed by atoms with Crippen molar-refractivity contribution in [2.75, 3.05) is 13.2 Å². The second-order valence-corrected chi connectivity index (χ2v) is 4.41. The Hall–Kier alpha value is -2.30. The van der Waals surface area contributed by atoms with Crippen LogP contribution in [-0.2, 0) is 9.53 Å². The van der Waals surface area contributed by atoms with E-state index in [1.165, 1.54) is 0 Å². The summed E-state index contributed by atoms with van der Waals surface area (Å²) in [5, 5.41) is 3.71. The molecule has 1 aromatic carbocycles. The first-order valence-electron chi connectivity index (χ1n) is 6.72. The highest BCUT2D eigenvalue weighted by Gasteiger charge is 2.11. The van der Waals surface area contributed by atoms with Gasteiger partial charge in [-0.05, 0) is 19.4 Å². The van der Waals surface area contributed by atoms with Crippen molar-refractivity contribution in [1.29, 1.82) is 0 Å². The second-order valence-electron chi connectivity index (χ2n) is 4.41. The topological polar surface area (TPSA) is 71.2 Å². The number of rotatable bonds is 6. The Morgan fingerprint density at radius 3 is 2.90 bits per heavy atom. The standard InChI is InChI=1S/C15H18N2O3/c1-2-20-14(18)8-5-9-16-15(19)12-10-17-13-7-4-3-6-11(12)13/h3-4,6-7,10,17H,2,5,8-9H2,1H3,(H,16,19). The van der Waals surface area contributed by atoms with Gasteiger partial charge in [-0.15, -0.1) is 0 Å². The van der Waals surface area contributed by atoms with Gasteiger partial charge in [-0.2, -0.15) is 0 Å². The van der Waals surface area contributed by atoms with Gasteiger partial charge in [-0.1, -0.05) is 18.2 Å². The highest BCUT2D eigenvalue weighted by molar-refractivity contribution is 6.06. The summed E-state index contributed by atoms with van der Waals surface area (Å²) >= 11 is 0. The fourth-order valence-corrected chi connectivity index (χ4v) is 2.02. The third-order valence-electron chi connectivity index (χ3n) is 2.98. The number of hydrogen-bond donors (Lipinski definition) is 2. The van der Waals surface area contributed by atoms with E-state index in [4.69, 9.17) is 4.74 Å². The van der Waals surface area contributed by atoms with Crippen molar-refractivity contribution in [3.63, 3.8) is 0 Å². The summed E-state index contributed by atoms with van der Waals surface area (Å²) in [6.45, 7) is 2.62. The molecule has 106 valence electrons. The maximum Gasteiger partial charge on any atom is 0.305 e. The van der Waals surface area contributed by atoms with Gasteiger partial charge in [0.25, 0.3) is 5.91 Å². The minimum absolute atomic E-state index is 0.133. The van der Waals surface area contributed by atoms with Gasteiger partial charge in [0.2, 0.25) is 0 Å². The van der Waals surface area contributed by atoms with E-state index >= 15 is 0 Å². The summed E-state index contributed by atoms with van der Waals surface area (Å²) in [4.78, 5) is 26.3. The number of aromatic nitrogens is 1. The molecule has 0 bridgehead atoms. The molecule has 1 amide bonds. The Bertz CT molecular complexity index is 604. The third-order valence-corrected chi connectivity index (χ3v) is 2.98. The summed E-state index contributed by atoms with van der Waals surface area (Å²) in [5.74, 6) is -0.361. The van der Waals surface area contributed by atoms with Gasteiger partial charge in [-0.3, -0.25) is 9.59 Å². The van der Waals surface area contributed by atoms with E-state index in [0.717, 1.165) is 10.9 Å². The number of carbonyl (C=O) groups is 2. The van der Waals surface area contributed by atoms with E-state index < -0.39 is 0 Å². The number of carbonyl (C=O) groups excluding carboxylic acids is 2. The van der Waals surface area contributed by atoms with Gasteiger partial charge < -0.3 is 15.0 Å². The van der Waals surface area contributed by atoms with Crippen LogP contribution in [0.5, 0.6) is 0 Å². The van der Waals surface area contributed by atoms with E-state index in [2.05, 4.69) is 10.3 Å². The van der Waals surface area contributed by atoms with E-state index in [-0.39, 0.29) is 11.9 Å².